The monoisotopic (exact) mass is 365 g/mol. The largest absolute Gasteiger partial charge is 0.310 e. The highest BCUT2D eigenvalue weighted by Gasteiger charge is 2.20. The van der Waals surface area contributed by atoms with E-state index in [-0.39, 0.29) is 0 Å². The van der Waals surface area contributed by atoms with Gasteiger partial charge in [-0.1, -0.05) is 44.7 Å². The van der Waals surface area contributed by atoms with E-state index in [1.54, 1.807) is 0 Å². The van der Waals surface area contributed by atoms with E-state index >= 15 is 0 Å². The molecule has 1 aliphatic rings. The van der Waals surface area contributed by atoms with Gasteiger partial charge in [0.1, 0.15) is 0 Å². The minimum Gasteiger partial charge on any atom is -0.310 e. The van der Waals surface area contributed by atoms with Crippen LogP contribution in [-0.4, -0.2) is 6.54 Å². The van der Waals surface area contributed by atoms with E-state index in [9.17, 15) is 0 Å². The van der Waals surface area contributed by atoms with Crippen LogP contribution in [0.1, 0.15) is 57.1 Å². The fraction of sp³-hybridized carbons (Fsp3) is 0.556. The van der Waals surface area contributed by atoms with Crippen molar-refractivity contribution in [1.82, 2.24) is 5.32 Å². The first-order chi connectivity index (χ1) is 10.3. The Balaban J connectivity index is 1.79. The Hall–Kier alpha value is -0.380. The van der Waals surface area contributed by atoms with Gasteiger partial charge in [-0.2, -0.15) is 0 Å². The van der Waals surface area contributed by atoms with Crippen LogP contribution in [-0.2, 0) is 0 Å². The fourth-order valence-corrected chi connectivity index (χ4v) is 5.30. The highest BCUT2D eigenvalue weighted by molar-refractivity contribution is 9.10. The van der Waals surface area contributed by atoms with E-state index in [1.807, 2.05) is 11.3 Å². The number of benzene rings is 1. The molecular weight excluding hydrogens is 342 g/mol. The van der Waals surface area contributed by atoms with Crippen molar-refractivity contribution in [3.8, 4) is 0 Å². The number of nitrogens with one attached hydrogen (secondary N) is 1. The van der Waals surface area contributed by atoms with Gasteiger partial charge in [0, 0.05) is 15.2 Å². The summed E-state index contributed by atoms with van der Waals surface area (Å²) in [6.45, 7) is 3.26. The molecule has 1 unspecified atom stereocenters. The summed E-state index contributed by atoms with van der Waals surface area (Å²) in [5.41, 5.74) is 1.50. The summed E-state index contributed by atoms with van der Waals surface area (Å²) in [6, 6.07) is 7.08. The van der Waals surface area contributed by atoms with Crippen molar-refractivity contribution in [2.75, 3.05) is 6.54 Å². The molecule has 1 aliphatic carbocycles. The molecule has 21 heavy (non-hydrogen) atoms. The Morgan fingerprint density at radius 1 is 1.33 bits per heavy atom. The normalized spacial score (nSPS) is 17.6. The molecule has 0 aliphatic heterocycles. The average molecular weight is 366 g/mol. The minimum atomic E-state index is 0.513. The van der Waals surface area contributed by atoms with Gasteiger partial charge in [0.2, 0.25) is 0 Å². The Labute approximate surface area is 140 Å². The maximum absolute atomic E-state index is 3.71. The SMILES string of the molecule is CCNC(CCC1CCCC1)c1csc2c(Br)cccc12. The Bertz CT molecular complexity index is 586. The first-order valence-electron chi connectivity index (χ1n) is 8.18. The van der Waals surface area contributed by atoms with Crippen molar-refractivity contribution in [3.05, 3.63) is 33.6 Å². The molecule has 1 aromatic heterocycles. The van der Waals surface area contributed by atoms with Gasteiger partial charge >= 0.3 is 0 Å². The molecule has 1 heterocycles. The van der Waals surface area contributed by atoms with Crippen LogP contribution in [0.3, 0.4) is 0 Å². The molecule has 3 rings (SSSR count). The van der Waals surface area contributed by atoms with Crippen LogP contribution in [0.25, 0.3) is 10.1 Å². The van der Waals surface area contributed by atoms with Crippen LogP contribution < -0.4 is 5.32 Å². The van der Waals surface area contributed by atoms with Gasteiger partial charge in [0.25, 0.3) is 0 Å². The summed E-state index contributed by atoms with van der Waals surface area (Å²) in [4.78, 5) is 0. The van der Waals surface area contributed by atoms with Crippen LogP contribution in [0.15, 0.2) is 28.1 Å². The lowest BCUT2D eigenvalue weighted by Crippen LogP contribution is -2.21. The summed E-state index contributed by atoms with van der Waals surface area (Å²) < 4.78 is 2.61. The second kappa shape index (κ2) is 7.26. The summed E-state index contributed by atoms with van der Waals surface area (Å²) >= 11 is 5.55. The van der Waals surface area contributed by atoms with Crippen LogP contribution in [0.2, 0.25) is 0 Å². The Kier molecular flexibility index (Phi) is 5.36. The molecule has 0 bridgehead atoms. The van der Waals surface area contributed by atoms with Gasteiger partial charge in [-0.05, 0) is 63.6 Å². The molecule has 1 fully saturated rings. The van der Waals surface area contributed by atoms with Gasteiger partial charge in [-0.3, -0.25) is 0 Å². The lowest BCUT2D eigenvalue weighted by molar-refractivity contribution is 0.418. The lowest BCUT2D eigenvalue weighted by atomic mass is 9.94. The van der Waals surface area contributed by atoms with Crippen LogP contribution in [0.4, 0.5) is 0 Å². The molecular formula is C18H24BrNS. The van der Waals surface area contributed by atoms with Gasteiger partial charge in [0.05, 0.1) is 0 Å². The maximum Gasteiger partial charge on any atom is 0.0488 e. The molecule has 3 heteroatoms. The van der Waals surface area contributed by atoms with E-state index < -0.39 is 0 Å². The highest BCUT2D eigenvalue weighted by atomic mass is 79.9. The average Bonchev–Trinajstić information content (AvgIpc) is 3.13. The molecule has 0 saturated heterocycles. The predicted molar refractivity (Wildman–Crippen MR) is 97.1 cm³/mol. The lowest BCUT2D eigenvalue weighted by Gasteiger charge is -2.20. The third-order valence-corrected chi connectivity index (χ3v) is 6.72. The Morgan fingerprint density at radius 3 is 2.90 bits per heavy atom. The van der Waals surface area contributed by atoms with Crippen molar-refractivity contribution in [2.45, 2.75) is 51.5 Å². The molecule has 114 valence electrons. The van der Waals surface area contributed by atoms with Gasteiger partial charge in [0.15, 0.2) is 0 Å². The summed E-state index contributed by atoms with van der Waals surface area (Å²) in [5, 5.41) is 7.49. The zero-order valence-corrected chi connectivity index (χ0v) is 15.1. The zero-order valence-electron chi connectivity index (χ0n) is 12.7. The second-order valence-corrected chi connectivity index (χ2v) is 7.88. The molecule has 1 nitrogen and oxygen atoms in total. The highest BCUT2D eigenvalue weighted by Crippen LogP contribution is 2.38. The van der Waals surface area contributed by atoms with Crippen molar-refractivity contribution in [2.24, 2.45) is 5.92 Å². The number of hydrogen-bond acceptors (Lipinski definition) is 2. The molecule has 0 amide bonds. The van der Waals surface area contributed by atoms with Crippen LogP contribution in [0.5, 0.6) is 0 Å². The summed E-state index contributed by atoms with van der Waals surface area (Å²) in [6.07, 6.45) is 8.46. The quantitative estimate of drug-likeness (QED) is 0.634. The first kappa shape index (κ1) is 15.5. The van der Waals surface area contributed by atoms with Crippen molar-refractivity contribution < 1.29 is 0 Å². The third-order valence-electron chi connectivity index (χ3n) is 4.75. The van der Waals surface area contributed by atoms with E-state index in [1.165, 1.54) is 58.6 Å². The van der Waals surface area contributed by atoms with Crippen molar-refractivity contribution in [1.29, 1.82) is 0 Å². The minimum absolute atomic E-state index is 0.513. The molecule has 1 saturated carbocycles. The van der Waals surface area contributed by atoms with E-state index in [0.717, 1.165) is 12.5 Å². The zero-order chi connectivity index (χ0) is 14.7. The van der Waals surface area contributed by atoms with Gasteiger partial charge < -0.3 is 5.32 Å². The third kappa shape index (κ3) is 3.52. The van der Waals surface area contributed by atoms with E-state index in [4.69, 9.17) is 0 Å². The summed E-state index contributed by atoms with van der Waals surface area (Å²) in [5.74, 6) is 0.975. The van der Waals surface area contributed by atoms with Crippen molar-refractivity contribution >= 4 is 37.4 Å². The van der Waals surface area contributed by atoms with E-state index in [2.05, 4.69) is 51.7 Å². The predicted octanol–water partition coefficient (Wildman–Crippen LogP) is 6.28. The van der Waals surface area contributed by atoms with Gasteiger partial charge in [-0.25, -0.2) is 0 Å². The first-order valence-corrected chi connectivity index (χ1v) is 9.86. The molecule has 1 aromatic carbocycles. The molecule has 0 radical (unpaired) electrons. The van der Waals surface area contributed by atoms with Crippen LogP contribution in [0, 0.1) is 5.92 Å². The maximum atomic E-state index is 3.71. The topological polar surface area (TPSA) is 12.0 Å². The van der Waals surface area contributed by atoms with Crippen molar-refractivity contribution in [3.63, 3.8) is 0 Å². The molecule has 1 N–H and O–H groups in total. The number of hydrogen-bond donors (Lipinski definition) is 1. The number of thiophene rings is 1. The molecule has 0 spiro atoms. The van der Waals surface area contributed by atoms with Gasteiger partial charge in [-0.15, -0.1) is 11.3 Å². The second-order valence-electron chi connectivity index (χ2n) is 6.15. The molecule has 2 aromatic rings. The summed E-state index contributed by atoms with van der Waals surface area (Å²) in [7, 11) is 0. The number of fused-ring (bicyclic) bond motifs is 1. The van der Waals surface area contributed by atoms with Crippen LogP contribution >= 0.6 is 27.3 Å². The molecule has 1 atom stereocenters. The van der Waals surface area contributed by atoms with E-state index in [0.29, 0.717) is 6.04 Å². The smallest absolute Gasteiger partial charge is 0.0488 e. The standard InChI is InChI=1S/C18H24BrNS/c1-2-20-17(11-10-13-6-3-4-7-13)15-12-21-18-14(15)8-5-9-16(18)19/h5,8-9,12-13,17,20H,2-4,6-7,10-11H2,1H3. The Morgan fingerprint density at radius 2 is 2.14 bits per heavy atom. The fourth-order valence-electron chi connectivity index (χ4n) is 3.63. The number of halogens is 1. The number of rotatable bonds is 6.